The first-order valence-corrected chi connectivity index (χ1v) is 5.91. The Kier molecular flexibility index (Phi) is 2.96. The smallest absolute Gasteiger partial charge is 0.239 e. The summed E-state index contributed by atoms with van der Waals surface area (Å²) in [5.41, 5.74) is 0.845. The van der Waals surface area contributed by atoms with E-state index in [1.54, 1.807) is 19.1 Å². The molecule has 8 heteroatoms. The summed E-state index contributed by atoms with van der Waals surface area (Å²) in [6.07, 6.45) is 0. The van der Waals surface area contributed by atoms with Crippen molar-refractivity contribution in [2.45, 2.75) is 13.5 Å². The lowest BCUT2D eigenvalue weighted by Crippen LogP contribution is -2.04. The van der Waals surface area contributed by atoms with Crippen LogP contribution in [0.2, 0.25) is 5.02 Å². The Morgan fingerprint density at radius 2 is 1.95 bits per heavy atom. The molecule has 0 aliphatic heterocycles. The van der Waals surface area contributed by atoms with Gasteiger partial charge in [-0.05, 0) is 29.5 Å². The fraction of sp³-hybridized carbons (Fsp3) is 0.182. The minimum absolute atomic E-state index is 0.293. The average Bonchev–Trinajstić information content (AvgIpc) is 3.00. The molecule has 3 rings (SSSR count). The first-order chi connectivity index (χ1) is 9.20. The van der Waals surface area contributed by atoms with Crippen LogP contribution < -0.4 is 0 Å². The highest BCUT2D eigenvalue weighted by atomic mass is 35.5. The number of rotatable bonds is 3. The molecule has 2 aromatic heterocycles. The molecule has 19 heavy (non-hydrogen) atoms. The molecular weight excluding hydrogens is 268 g/mol. The molecule has 7 nitrogen and oxygen atoms in total. The van der Waals surface area contributed by atoms with E-state index in [0.717, 1.165) is 5.56 Å². The Balaban J connectivity index is 1.81. The topological polar surface area (TPSA) is 82.5 Å². The molecule has 3 aromatic rings. The summed E-state index contributed by atoms with van der Waals surface area (Å²) in [5.74, 6) is 1.47. The Morgan fingerprint density at radius 1 is 1.16 bits per heavy atom. The minimum Gasteiger partial charge on any atom is -0.423 e. The van der Waals surface area contributed by atoms with E-state index < -0.39 is 0 Å². The Morgan fingerprint density at radius 3 is 2.63 bits per heavy atom. The molecule has 0 unspecified atom stereocenters. The molecule has 0 aliphatic carbocycles. The standard InChI is InChI=1S/C11H9ClN6O/c1-7-13-14-10(19-7)6-18-16-11(15-17-18)8-2-4-9(12)5-3-8/h2-5H,6H2,1H3. The number of hydrogen-bond donors (Lipinski definition) is 0. The predicted octanol–water partition coefficient (Wildman–Crippen LogP) is 1.73. The number of aromatic nitrogens is 6. The second kappa shape index (κ2) is 4.77. The fourth-order valence-corrected chi connectivity index (χ4v) is 1.67. The van der Waals surface area contributed by atoms with Crippen LogP contribution in [-0.4, -0.2) is 30.4 Å². The van der Waals surface area contributed by atoms with Gasteiger partial charge in [0.25, 0.3) is 0 Å². The quantitative estimate of drug-likeness (QED) is 0.724. The highest BCUT2D eigenvalue weighted by Gasteiger charge is 2.09. The molecule has 0 amide bonds. The fourth-order valence-electron chi connectivity index (χ4n) is 1.55. The third-order valence-electron chi connectivity index (χ3n) is 2.40. The van der Waals surface area contributed by atoms with Crippen molar-refractivity contribution in [2.24, 2.45) is 0 Å². The van der Waals surface area contributed by atoms with Gasteiger partial charge in [0.1, 0.15) is 6.54 Å². The van der Waals surface area contributed by atoms with Crippen molar-refractivity contribution in [1.82, 2.24) is 30.4 Å². The predicted molar refractivity (Wildman–Crippen MR) is 66.4 cm³/mol. The molecule has 0 fully saturated rings. The SMILES string of the molecule is Cc1nnc(Cn2nnc(-c3ccc(Cl)cc3)n2)o1. The molecule has 0 spiro atoms. The van der Waals surface area contributed by atoms with E-state index in [9.17, 15) is 0 Å². The van der Waals surface area contributed by atoms with Crippen LogP contribution in [0.5, 0.6) is 0 Å². The van der Waals surface area contributed by atoms with Gasteiger partial charge in [0.15, 0.2) is 0 Å². The van der Waals surface area contributed by atoms with Crippen molar-refractivity contribution < 1.29 is 4.42 Å². The first kappa shape index (κ1) is 11.8. The summed E-state index contributed by atoms with van der Waals surface area (Å²) in [5, 5.41) is 20.4. The molecule has 0 saturated carbocycles. The van der Waals surface area contributed by atoms with Crippen LogP contribution in [0.1, 0.15) is 11.8 Å². The number of tetrazole rings is 1. The molecule has 0 bridgehead atoms. The monoisotopic (exact) mass is 276 g/mol. The molecule has 0 atom stereocenters. The van der Waals surface area contributed by atoms with Gasteiger partial charge in [-0.15, -0.1) is 20.4 Å². The lowest BCUT2D eigenvalue weighted by Gasteiger charge is -1.94. The van der Waals surface area contributed by atoms with Crippen LogP contribution in [0, 0.1) is 6.92 Å². The van der Waals surface area contributed by atoms with Gasteiger partial charge in [0.05, 0.1) is 0 Å². The van der Waals surface area contributed by atoms with E-state index in [1.807, 2.05) is 12.1 Å². The van der Waals surface area contributed by atoms with Gasteiger partial charge in [-0.1, -0.05) is 11.6 Å². The molecule has 2 heterocycles. The maximum absolute atomic E-state index is 5.82. The van der Waals surface area contributed by atoms with Crippen molar-refractivity contribution >= 4 is 11.6 Å². The van der Waals surface area contributed by atoms with Crippen LogP contribution >= 0.6 is 11.6 Å². The van der Waals surface area contributed by atoms with E-state index in [4.69, 9.17) is 16.0 Å². The van der Waals surface area contributed by atoms with E-state index in [1.165, 1.54) is 4.80 Å². The summed E-state index contributed by atoms with van der Waals surface area (Å²) >= 11 is 5.82. The maximum atomic E-state index is 5.82. The molecular formula is C11H9ClN6O. The van der Waals surface area contributed by atoms with E-state index in [2.05, 4.69) is 25.6 Å². The third kappa shape index (κ3) is 2.60. The van der Waals surface area contributed by atoms with Crippen LogP contribution in [0.25, 0.3) is 11.4 Å². The number of nitrogens with zero attached hydrogens (tertiary/aromatic N) is 6. The van der Waals surface area contributed by atoms with Gasteiger partial charge in [-0.3, -0.25) is 0 Å². The minimum atomic E-state index is 0.293. The third-order valence-corrected chi connectivity index (χ3v) is 2.65. The largest absolute Gasteiger partial charge is 0.423 e. The maximum Gasteiger partial charge on any atom is 0.239 e. The van der Waals surface area contributed by atoms with Gasteiger partial charge in [0, 0.05) is 17.5 Å². The average molecular weight is 277 g/mol. The van der Waals surface area contributed by atoms with E-state index in [-0.39, 0.29) is 0 Å². The van der Waals surface area contributed by atoms with Crippen molar-refractivity contribution in [2.75, 3.05) is 0 Å². The second-order valence-corrected chi connectivity index (χ2v) is 4.30. The molecule has 0 aliphatic rings. The Hall–Kier alpha value is -2.28. The van der Waals surface area contributed by atoms with Crippen LogP contribution in [0.3, 0.4) is 0 Å². The molecule has 1 aromatic carbocycles. The van der Waals surface area contributed by atoms with Gasteiger partial charge in [-0.2, -0.15) is 4.80 Å². The zero-order chi connectivity index (χ0) is 13.2. The highest BCUT2D eigenvalue weighted by molar-refractivity contribution is 6.30. The van der Waals surface area contributed by atoms with Crippen molar-refractivity contribution in [3.05, 3.63) is 41.1 Å². The normalized spacial score (nSPS) is 10.8. The Labute approximate surface area is 113 Å². The highest BCUT2D eigenvalue weighted by Crippen LogP contribution is 2.17. The summed E-state index contributed by atoms with van der Waals surface area (Å²) < 4.78 is 5.25. The number of aryl methyl sites for hydroxylation is 1. The zero-order valence-electron chi connectivity index (χ0n) is 9.99. The van der Waals surface area contributed by atoms with E-state index in [0.29, 0.717) is 29.2 Å². The van der Waals surface area contributed by atoms with Crippen LogP contribution in [0.4, 0.5) is 0 Å². The number of halogens is 1. The molecule has 0 N–H and O–H groups in total. The molecule has 0 radical (unpaired) electrons. The summed E-state index contributed by atoms with van der Waals surface area (Å²) in [4.78, 5) is 1.40. The molecule has 96 valence electrons. The van der Waals surface area contributed by atoms with E-state index >= 15 is 0 Å². The van der Waals surface area contributed by atoms with Crippen molar-refractivity contribution in [1.29, 1.82) is 0 Å². The Bertz CT molecular complexity index is 689. The lowest BCUT2D eigenvalue weighted by atomic mass is 10.2. The lowest BCUT2D eigenvalue weighted by molar-refractivity contribution is 0.424. The van der Waals surface area contributed by atoms with Gasteiger partial charge < -0.3 is 4.42 Å². The van der Waals surface area contributed by atoms with Crippen molar-refractivity contribution in [3.8, 4) is 11.4 Å². The van der Waals surface area contributed by atoms with Gasteiger partial charge in [-0.25, -0.2) is 0 Å². The number of benzene rings is 1. The van der Waals surface area contributed by atoms with Crippen molar-refractivity contribution in [3.63, 3.8) is 0 Å². The second-order valence-electron chi connectivity index (χ2n) is 3.87. The zero-order valence-corrected chi connectivity index (χ0v) is 10.7. The van der Waals surface area contributed by atoms with Gasteiger partial charge in [0.2, 0.25) is 17.6 Å². The first-order valence-electron chi connectivity index (χ1n) is 5.53. The summed E-state index contributed by atoms with van der Waals surface area (Å²) in [7, 11) is 0. The summed E-state index contributed by atoms with van der Waals surface area (Å²) in [6, 6.07) is 7.22. The van der Waals surface area contributed by atoms with Gasteiger partial charge >= 0.3 is 0 Å². The molecule has 0 saturated heterocycles. The number of hydrogen-bond acceptors (Lipinski definition) is 6. The summed E-state index contributed by atoms with van der Waals surface area (Å²) in [6.45, 7) is 2.02. The van der Waals surface area contributed by atoms with Crippen LogP contribution in [0.15, 0.2) is 28.7 Å². The van der Waals surface area contributed by atoms with Crippen LogP contribution in [-0.2, 0) is 6.54 Å².